The zero-order valence-electron chi connectivity index (χ0n) is 24.2. The Balaban J connectivity index is 1.48. The molecule has 230 valence electrons. The molecule has 0 aromatic carbocycles. The molecule has 3 heterocycles. The van der Waals surface area contributed by atoms with Crippen LogP contribution in [-0.2, 0) is 63.0 Å². The van der Waals surface area contributed by atoms with Crippen LogP contribution in [0, 0.1) is 0 Å². The van der Waals surface area contributed by atoms with Crippen LogP contribution < -0.4 is 0 Å². The standard InChI is InChI=1S/C25H44N10O6/c1-3-37-9-5-33-20-23(26-29-33)17-32(18-24-21-34(30-27-24)6-10-38-4-2)19-25-22-35(31-28-25)7-11-39-13-15-41-16-14-40-12-8-36/h20-22,36H,3-19H2,1-2H3. The third-order valence-electron chi connectivity index (χ3n) is 5.70. The summed E-state index contributed by atoms with van der Waals surface area (Å²) in [5.41, 5.74) is 2.50. The van der Waals surface area contributed by atoms with E-state index in [9.17, 15) is 0 Å². The van der Waals surface area contributed by atoms with Crippen LogP contribution in [0.25, 0.3) is 0 Å². The largest absolute Gasteiger partial charge is 0.394 e. The fourth-order valence-corrected chi connectivity index (χ4v) is 3.79. The Morgan fingerprint density at radius 3 is 1.32 bits per heavy atom. The Morgan fingerprint density at radius 1 is 0.561 bits per heavy atom. The summed E-state index contributed by atoms with van der Waals surface area (Å²) >= 11 is 0. The molecule has 3 aromatic rings. The molecule has 0 bridgehead atoms. The van der Waals surface area contributed by atoms with Gasteiger partial charge in [-0.2, -0.15) is 0 Å². The zero-order valence-corrected chi connectivity index (χ0v) is 24.2. The number of ether oxygens (including phenoxy) is 5. The first-order chi connectivity index (χ1) is 20.2. The SMILES string of the molecule is CCOCCn1cc(CN(Cc2cn(CCOCC)nn2)Cc2cn(CCOCCOCCOCCO)nn2)nn1. The molecule has 0 aliphatic rings. The van der Waals surface area contributed by atoms with E-state index in [1.807, 2.05) is 32.4 Å². The molecule has 0 saturated heterocycles. The van der Waals surface area contributed by atoms with Crippen LogP contribution in [0.5, 0.6) is 0 Å². The van der Waals surface area contributed by atoms with Crippen molar-refractivity contribution in [1.82, 2.24) is 49.9 Å². The van der Waals surface area contributed by atoms with E-state index in [2.05, 4.69) is 35.8 Å². The second-order valence-corrected chi connectivity index (χ2v) is 9.02. The number of aliphatic hydroxyl groups excluding tert-OH is 1. The lowest BCUT2D eigenvalue weighted by Crippen LogP contribution is -2.23. The highest BCUT2D eigenvalue weighted by Crippen LogP contribution is 2.11. The van der Waals surface area contributed by atoms with Crippen molar-refractivity contribution in [2.75, 3.05) is 72.7 Å². The van der Waals surface area contributed by atoms with Gasteiger partial charge >= 0.3 is 0 Å². The van der Waals surface area contributed by atoms with E-state index in [1.165, 1.54) is 0 Å². The van der Waals surface area contributed by atoms with Crippen LogP contribution >= 0.6 is 0 Å². The van der Waals surface area contributed by atoms with Crippen LogP contribution in [0.15, 0.2) is 18.6 Å². The number of aromatic nitrogens is 9. The lowest BCUT2D eigenvalue weighted by atomic mass is 10.3. The summed E-state index contributed by atoms with van der Waals surface area (Å²) in [5, 5.41) is 34.4. The average Bonchev–Trinajstić information content (AvgIpc) is 3.72. The summed E-state index contributed by atoms with van der Waals surface area (Å²) in [4.78, 5) is 2.18. The molecule has 0 saturated carbocycles. The predicted molar refractivity (Wildman–Crippen MR) is 146 cm³/mol. The van der Waals surface area contributed by atoms with Gasteiger partial charge in [0.2, 0.25) is 0 Å². The van der Waals surface area contributed by atoms with Crippen LogP contribution in [0.2, 0.25) is 0 Å². The van der Waals surface area contributed by atoms with Crippen LogP contribution in [-0.4, -0.2) is 128 Å². The van der Waals surface area contributed by atoms with Crippen molar-refractivity contribution in [2.24, 2.45) is 0 Å². The minimum Gasteiger partial charge on any atom is -0.394 e. The van der Waals surface area contributed by atoms with E-state index in [0.29, 0.717) is 105 Å². The minimum absolute atomic E-state index is 0.0155. The number of hydrogen-bond acceptors (Lipinski definition) is 13. The highest BCUT2D eigenvalue weighted by molar-refractivity contribution is 4.99. The predicted octanol–water partition coefficient (Wildman–Crippen LogP) is -0.221. The molecule has 41 heavy (non-hydrogen) atoms. The Hall–Kier alpha value is -2.86. The first kappa shape index (κ1) is 32.7. The van der Waals surface area contributed by atoms with Crippen LogP contribution in [0.3, 0.4) is 0 Å². The summed E-state index contributed by atoms with van der Waals surface area (Å²) in [7, 11) is 0. The zero-order chi connectivity index (χ0) is 29.0. The fraction of sp³-hybridized carbons (Fsp3) is 0.760. The average molecular weight is 581 g/mol. The fourth-order valence-electron chi connectivity index (χ4n) is 3.79. The normalized spacial score (nSPS) is 11.7. The lowest BCUT2D eigenvalue weighted by molar-refractivity contribution is 0.00627. The van der Waals surface area contributed by atoms with Gasteiger partial charge < -0.3 is 28.8 Å². The Labute approximate surface area is 240 Å². The van der Waals surface area contributed by atoms with E-state index in [1.54, 1.807) is 14.0 Å². The number of aliphatic hydroxyl groups is 1. The Kier molecular flexibility index (Phi) is 16.0. The maximum atomic E-state index is 8.67. The van der Waals surface area contributed by atoms with Crippen molar-refractivity contribution >= 4 is 0 Å². The van der Waals surface area contributed by atoms with Gasteiger partial charge in [0, 0.05) is 51.4 Å². The number of rotatable bonds is 25. The molecule has 0 unspecified atom stereocenters. The van der Waals surface area contributed by atoms with Gasteiger partial charge in [0.1, 0.15) is 0 Å². The maximum Gasteiger partial charge on any atom is 0.0967 e. The van der Waals surface area contributed by atoms with Crippen molar-refractivity contribution in [3.63, 3.8) is 0 Å². The third-order valence-corrected chi connectivity index (χ3v) is 5.70. The van der Waals surface area contributed by atoms with Gasteiger partial charge in [-0.05, 0) is 13.8 Å². The molecule has 0 aliphatic carbocycles. The molecule has 1 N–H and O–H groups in total. The maximum absolute atomic E-state index is 8.67. The third kappa shape index (κ3) is 13.6. The molecule has 0 fully saturated rings. The summed E-state index contributed by atoms with van der Waals surface area (Å²) in [5.74, 6) is 0. The quantitative estimate of drug-likeness (QED) is 0.131. The first-order valence-electron chi connectivity index (χ1n) is 14.1. The molecule has 3 aromatic heterocycles. The van der Waals surface area contributed by atoms with Crippen molar-refractivity contribution in [1.29, 1.82) is 0 Å². The minimum atomic E-state index is 0.0155. The van der Waals surface area contributed by atoms with Crippen molar-refractivity contribution < 1.29 is 28.8 Å². The molecule has 3 rings (SSSR count). The molecule has 0 amide bonds. The molecular weight excluding hydrogens is 536 g/mol. The van der Waals surface area contributed by atoms with E-state index in [0.717, 1.165) is 17.1 Å². The van der Waals surface area contributed by atoms with Crippen LogP contribution in [0.4, 0.5) is 0 Å². The second-order valence-electron chi connectivity index (χ2n) is 9.02. The molecule has 0 aliphatic heterocycles. The van der Waals surface area contributed by atoms with Gasteiger partial charge in [-0.1, -0.05) is 15.6 Å². The first-order valence-corrected chi connectivity index (χ1v) is 14.1. The molecular formula is C25H44N10O6. The Morgan fingerprint density at radius 2 is 0.927 bits per heavy atom. The van der Waals surface area contributed by atoms with Crippen molar-refractivity contribution in [3.8, 4) is 0 Å². The summed E-state index contributed by atoms with van der Waals surface area (Å²) in [6, 6.07) is 0. The van der Waals surface area contributed by atoms with E-state index in [-0.39, 0.29) is 6.61 Å². The molecule has 16 nitrogen and oxygen atoms in total. The van der Waals surface area contributed by atoms with Crippen molar-refractivity contribution in [2.45, 2.75) is 53.1 Å². The molecule has 0 spiro atoms. The number of hydrogen-bond donors (Lipinski definition) is 1. The monoisotopic (exact) mass is 580 g/mol. The number of nitrogens with zero attached hydrogens (tertiary/aromatic N) is 10. The van der Waals surface area contributed by atoms with E-state index < -0.39 is 0 Å². The van der Waals surface area contributed by atoms with E-state index in [4.69, 9.17) is 28.8 Å². The van der Waals surface area contributed by atoms with Gasteiger partial charge in [-0.25, -0.2) is 14.0 Å². The Bertz CT molecular complexity index is 1010. The molecule has 16 heteroatoms. The molecule has 0 radical (unpaired) electrons. The van der Waals surface area contributed by atoms with Crippen LogP contribution in [0.1, 0.15) is 30.9 Å². The second kappa shape index (κ2) is 20.1. The van der Waals surface area contributed by atoms with Gasteiger partial charge in [-0.15, -0.1) is 15.3 Å². The molecule has 0 atom stereocenters. The summed E-state index contributed by atoms with van der Waals surface area (Å²) in [6.07, 6.45) is 5.79. The van der Waals surface area contributed by atoms with E-state index >= 15 is 0 Å². The smallest absolute Gasteiger partial charge is 0.0967 e. The topological polar surface area (TPSA) is 162 Å². The van der Waals surface area contributed by atoms with Gasteiger partial charge in [0.25, 0.3) is 0 Å². The van der Waals surface area contributed by atoms with Gasteiger partial charge in [0.05, 0.1) is 96.2 Å². The van der Waals surface area contributed by atoms with Gasteiger partial charge in [0.15, 0.2) is 0 Å². The lowest BCUT2D eigenvalue weighted by Gasteiger charge is -2.18. The van der Waals surface area contributed by atoms with Crippen molar-refractivity contribution in [3.05, 3.63) is 35.7 Å². The summed E-state index contributed by atoms with van der Waals surface area (Å²) < 4.78 is 32.4. The highest BCUT2D eigenvalue weighted by atomic mass is 16.5. The highest BCUT2D eigenvalue weighted by Gasteiger charge is 2.15. The summed E-state index contributed by atoms with van der Waals surface area (Å²) in [6.45, 7) is 12.7. The van der Waals surface area contributed by atoms with Gasteiger partial charge in [-0.3, -0.25) is 4.90 Å².